The number of ether oxygens (including phenoxy) is 5. The number of hydrogen-bond acceptors (Lipinski definition) is 17. The Bertz CT molecular complexity index is 3220. The number of rotatable bonds is 7. The number of fused-ring (bicyclic) bond motifs is 4. The quantitative estimate of drug-likeness (QED) is 0.110. The Morgan fingerprint density at radius 1 is 0.746 bits per heavy atom. The molecule has 2 saturated heterocycles. The molecule has 2 spiro atoms. The van der Waals surface area contributed by atoms with Crippen molar-refractivity contribution in [1.82, 2.24) is 49.0 Å². The molecule has 0 amide bonds. The largest absolute Gasteiger partial charge is 0.490 e. The van der Waals surface area contributed by atoms with E-state index in [1.165, 1.54) is 25.9 Å². The van der Waals surface area contributed by atoms with E-state index in [0.717, 1.165) is 36.5 Å². The summed E-state index contributed by atoms with van der Waals surface area (Å²) in [6, 6.07) is 15.6. The Morgan fingerprint density at radius 2 is 1.28 bits per heavy atom. The van der Waals surface area contributed by atoms with Gasteiger partial charge in [-0.3, -0.25) is 23.9 Å². The molecule has 2 aromatic carbocycles. The molecule has 12 rings (SSSR count). The van der Waals surface area contributed by atoms with Crippen LogP contribution >= 0.6 is 43.5 Å². The van der Waals surface area contributed by atoms with Gasteiger partial charge in [0, 0.05) is 82.8 Å². The number of aromatic nitrogens is 10. The summed E-state index contributed by atoms with van der Waals surface area (Å²) in [6.07, 6.45) is 7.18. The van der Waals surface area contributed by atoms with Gasteiger partial charge >= 0.3 is 5.97 Å². The van der Waals surface area contributed by atoms with E-state index in [2.05, 4.69) is 71.7 Å². The number of benzene rings is 2. The first-order valence-corrected chi connectivity index (χ1v) is 23.3. The van der Waals surface area contributed by atoms with Crippen LogP contribution in [0.4, 0.5) is 5.82 Å². The number of nitrogen functional groups attached to an aromatic ring is 1. The van der Waals surface area contributed by atoms with Gasteiger partial charge in [-0.1, -0.05) is 18.5 Å². The maximum absolute atomic E-state index is 11.9. The third kappa shape index (κ3) is 7.79. The monoisotopic (exact) mass is 1060 g/mol. The van der Waals surface area contributed by atoms with Crippen LogP contribution in [0.25, 0.3) is 44.1 Å². The summed E-state index contributed by atoms with van der Waals surface area (Å²) >= 11 is 13.1. The number of pyridine rings is 2. The number of nitrogens with two attached hydrogens (primary N) is 1. The van der Waals surface area contributed by atoms with Gasteiger partial charge in [0.25, 0.3) is 0 Å². The highest BCUT2D eigenvalue weighted by Crippen LogP contribution is 2.55. The van der Waals surface area contributed by atoms with E-state index in [9.17, 15) is 15.0 Å². The molecule has 2 aliphatic heterocycles. The second-order valence-corrected chi connectivity index (χ2v) is 19.5. The predicted octanol–water partition coefficient (Wildman–Crippen LogP) is 6.82. The molecule has 0 bridgehead atoms. The maximum atomic E-state index is 11.9. The van der Waals surface area contributed by atoms with E-state index >= 15 is 0 Å². The van der Waals surface area contributed by atoms with E-state index in [-0.39, 0.29) is 35.1 Å². The van der Waals surface area contributed by atoms with Crippen molar-refractivity contribution in [1.29, 1.82) is 0 Å². The molecule has 4 aliphatic rings. The van der Waals surface area contributed by atoms with Gasteiger partial charge in [-0.25, -0.2) is 29.9 Å². The Labute approximate surface area is 402 Å². The van der Waals surface area contributed by atoms with Gasteiger partial charge in [-0.15, -0.1) is 0 Å². The minimum atomic E-state index is -1.15. The molecule has 4 fully saturated rings. The minimum absolute atomic E-state index is 0.0293. The lowest BCUT2D eigenvalue weighted by Gasteiger charge is -2.46. The van der Waals surface area contributed by atoms with Crippen molar-refractivity contribution in [3.63, 3.8) is 0 Å². The van der Waals surface area contributed by atoms with Crippen LogP contribution < -0.4 is 15.2 Å². The fraction of sp³-hybridized carbons (Fsp3) is 0.356. The highest BCUT2D eigenvalue weighted by atomic mass is 79.9. The standard InChI is InChI=1S/C24H21BrClN5O4.C21H19BrN6O4/c1-12-20(33-13(2)32)23(31-11-30-19-21(26)28-10-29-22(19)31)35-24(12)7-17(8-24)34-16-4-3-14-5-15(25)9-27-18(14)6-16;22-11-3-10-1-2-12(4-14(10)24-7-11)31-13-5-21(6-13)17(30)16(29)20(32-21)28-9-27-15-18(23)25-8-26-19(15)28/h3-6,9-12,17,20,23H,7-8H2,1-2H3;1-4,7-9,13,16-17,20,29-30H,5-6H2,(H2,23,25,26)/t12-,17?,20?,23+,24?;13?,16-,17+,20-,21?/m01/s1. The molecule has 8 heterocycles. The van der Waals surface area contributed by atoms with Crippen LogP contribution in [0, 0.1) is 5.92 Å². The number of carbonyl (C=O) groups is 1. The molecule has 1 unspecified atom stereocenters. The second kappa shape index (κ2) is 16.8. The van der Waals surface area contributed by atoms with Gasteiger partial charge in [-0.05, 0) is 68.3 Å². The van der Waals surface area contributed by atoms with Crippen molar-refractivity contribution in [3.05, 3.63) is 100 Å². The van der Waals surface area contributed by atoms with E-state index in [1.807, 2.05) is 55.5 Å². The topological polar surface area (TPSA) is 243 Å². The first kappa shape index (κ1) is 43.9. The molecule has 2 saturated carbocycles. The van der Waals surface area contributed by atoms with Crippen LogP contribution in [0.3, 0.4) is 0 Å². The number of halogens is 3. The lowest BCUT2D eigenvalue weighted by molar-refractivity contribution is -0.182. The van der Waals surface area contributed by atoms with Crippen LogP contribution in [-0.4, -0.2) is 107 Å². The lowest BCUT2D eigenvalue weighted by Crippen LogP contribution is -2.57. The van der Waals surface area contributed by atoms with Crippen molar-refractivity contribution >= 4 is 99.4 Å². The highest BCUT2D eigenvalue weighted by Gasteiger charge is 2.63. The average molecular weight is 1060 g/mol. The van der Waals surface area contributed by atoms with Crippen LogP contribution in [0.2, 0.25) is 5.15 Å². The zero-order valence-corrected chi connectivity index (χ0v) is 39.5. The van der Waals surface area contributed by atoms with Crippen molar-refractivity contribution in [2.75, 3.05) is 5.73 Å². The minimum Gasteiger partial charge on any atom is -0.490 e. The second-order valence-electron chi connectivity index (χ2n) is 17.3. The summed E-state index contributed by atoms with van der Waals surface area (Å²) in [7, 11) is 0. The average Bonchev–Trinajstić information content (AvgIpc) is 4.04. The number of hydrogen-bond donors (Lipinski definition) is 3. The van der Waals surface area contributed by atoms with Crippen LogP contribution in [0.15, 0.2) is 95.2 Å². The molecular weight excluding hydrogens is 1020 g/mol. The molecule has 6 aromatic heterocycles. The van der Waals surface area contributed by atoms with Gasteiger partial charge in [-0.2, -0.15) is 0 Å². The maximum Gasteiger partial charge on any atom is 0.303 e. The van der Waals surface area contributed by atoms with E-state index < -0.39 is 42.0 Å². The fourth-order valence-corrected chi connectivity index (χ4v) is 10.6. The number of aliphatic hydroxyl groups is 2. The van der Waals surface area contributed by atoms with Crippen molar-refractivity contribution in [2.45, 2.75) is 93.7 Å². The van der Waals surface area contributed by atoms with Gasteiger partial charge in [0.1, 0.15) is 65.2 Å². The van der Waals surface area contributed by atoms with E-state index in [0.29, 0.717) is 53.8 Å². The number of carbonyl (C=O) groups excluding carboxylic acids is 1. The molecule has 67 heavy (non-hydrogen) atoms. The van der Waals surface area contributed by atoms with Crippen LogP contribution in [0.5, 0.6) is 11.5 Å². The number of anilines is 1. The van der Waals surface area contributed by atoms with Crippen molar-refractivity contribution in [3.8, 4) is 11.5 Å². The fourth-order valence-electron chi connectivity index (χ4n) is 9.74. The summed E-state index contributed by atoms with van der Waals surface area (Å²) in [6.45, 7) is 3.45. The number of imidazole rings is 2. The molecule has 8 aromatic rings. The van der Waals surface area contributed by atoms with Crippen LogP contribution in [-0.2, 0) is 19.0 Å². The normalized spacial score (nSPS) is 28.7. The summed E-state index contributed by atoms with van der Waals surface area (Å²) < 4.78 is 36.1. The SMILES string of the molecule is CC(=O)OC1[C@H](n2cnc3c(Cl)ncnc32)OC2(CC(Oc3ccc4cc(Br)cnc4c3)C2)[C@H]1C.Nc1ncnc2c1ncn2[C@@H]1OC2(CC(Oc3ccc4cc(Br)cnc4c3)C2)[C@@H](O)[C@H]1O. The molecule has 4 N–H and O–H groups in total. The van der Waals surface area contributed by atoms with Crippen molar-refractivity contribution in [2.24, 2.45) is 5.92 Å². The molecule has 22 heteroatoms. The molecule has 6 atom stereocenters. The molecule has 344 valence electrons. The van der Waals surface area contributed by atoms with Gasteiger partial charge in [0.2, 0.25) is 0 Å². The molecular formula is C45H40Br2ClN11O8. The predicted molar refractivity (Wildman–Crippen MR) is 249 cm³/mol. The zero-order chi connectivity index (χ0) is 46.4. The number of esters is 1. The van der Waals surface area contributed by atoms with Gasteiger partial charge in [0.15, 0.2) is 40.8 Å². The van der Waals surface area contributed by atoms with E-state index in [4.69, 9.17) is 41.0 Å². The smallest absolute Gasteiger partial charge is 0.303 e. The number of aliphatic hydroxyl groups excluding tert-OH is 2. The highest BCUT2D eigenvalue weighted by molar-refractivity contribution is 9.10. The zero-order valence-electron chi connectivity index (χ0n) is 35.6. The summed E-state index contributed by atoms with van der Waals surface area (Å²) in [5, 5.41) is 23.8. The lowest BCUT2D eigenvalue weighted by atomic mass is 9.69. The van der Waals surface area contributed by atoms with Crippen LogP contribution in [0.1, 0.15) is 52.0 Å². The van der Waals surface area contributed by atoms with Gasteiger partial charge in [0.05, 0.1) is 29.3 Å². The van der Waals surface area contributed by atoms with Crippen molar-refractivity contribution < 1.29 is 38.7 Å². The summed E-state index contributed by atoms with van der Waals surface area (Å²) in [4.78, 5) is 45.8. The molecule has 19 nitrogen and oxygen atoms in total. The Morgan fingerprint density at radius 3 is 1.90 bits per heavy atom. The number of nitrogens with zero attached hydrogens (tertiary/aromatic N) is 10. The van der Waals surface area contributed by atoms with E-state index in [1.54, 1.807) is 27.9 Å². The molecule has 2 aliphatic carbocycles. The Hall–Kier alpha value is -5.68. The Balaban J connectivity index is 0.000000148. The first-order valence-electron chi connectivity index (χ1n) is 21.4. The Kier molecular flexibility index (Phi) is 11.0. The third-order valence-electron chi connectivity index (χ3n) is 13.2. The van der Waals surface area contributed by atoms with Gasteiger partial charge < -0.3 is 39.6 Å². The first-order chi connectivity index (χ1) is 32.3. The summed E-state index contributed by atoms with van der Waals surface area (Å²) in [5.74, 6) is 1.27. The third-order valence-corrected chi connectivity index (χ3v) is 14.3. The molecule has 0 radical (unpaired) electrons. The summed E-state index contributed by atoms with van der Waals surface area (Å²) in [5.41, 5.74) is 8.02.